The number of hydrazone groups is 1. The van der Waals surface area contributed by atoms with E-state index in [1.165, 1.54) is 37.3 Å². The fourth-order valence-corrected chi connectivity index (χ4v) is 4.07. The monoisotopic (exact) mass is 414 g/mol. The first kappa shape index (κ1) is 20.4. The molecule has 0 spiro atoms. The number of aromatic nitrogens is 1. The van der Waals surface area contributed by atoms with Crippen LogP contribution in [0.1, 0.15) is 58.4 Å². The van der Waals surface area contributed by atoms with Gasteiger partial charge in [0.15, 0.2) is 0 Å². The average Bonchev–Trinajstić information content (AvgIpc) is 3.42. The summed E-state index contributed by atoms with van der Waals surface area (Å²) in [6, 6.07) is 13.4. The highest BCUT2D eigenvalue weighted by molar-refractivity contribution is 6.04. The number of fused-ring (bicyclic) bond motifs is 1. The molecule has 1 fully saturated rings. The number of carbonyl (C=O) groups excluding carboxylic acids is 2. The second kappa shape index (κ2) is 8.84. The van der Waals surface area contributed by atoms with Crippen LogP contribution in [0.15, 0.2) is 53.8 Å². The maximum Gasteiger partial charge on any atom is 0.271 e. The summed E-state index contributed by atoms with van der Waals surface area (Å²) in [5.74, 6) is -0.167. The molecule has 0 radical (unpaired) electrons. The molecule has 0 atom stereocenters. The second-order valence-electron chi connectivity index (χ2n) is 7.76. The van der Waals surface area contributed by atoms with Crippen molar-refractivity contribution in [2.24, 2.45) is 11.0 Å². The number of hydrogen-bond acceptors (Lipinski definition) is 5. The number of nitriles is 1. The van der Waals surface area contributed by atoms with E-state index in [-0.39, 0.29) is 22.8 Å². The van der Waals surface area contributed by atoms with Crippen molar-refractivity contribution < 1.29 is 14.7 Å². The van der Waals surface area contributed by atoms with Crippen LogP contribution in [0.2, 0.25) is 0 Å². The Balaban J connectivity index is 1.53. The third-order valence-electron chi connectivity index (χ3n) is 5.70. The largest absolute Gasteiger partial charge is 0.507 e. The van der Waals surface area contributed by atoms with Crippen LogP contribution in [0.5, 0.6) is 5.75 Å². The van der Waals surface area contributed by atoms with Crippen molar-refractivity contribution in [3.05, 3.63) is 65.4 Å². The zero-order chi connectivity index (χ0) is 21.8. The van der Waals surface area contributed by atoms with E-state index < -0.39 is 5.91 Å². The molecule has 31 heavy (non-hydrogen) atoms. The number of benzene rings is 2. The fourth-order valence-electron chi connectivity index (χ4n) is 4.07. The molecule has 1 saturated carbocycles. The summed E-state index contributed by atoms with van der Waals surface area (Å²) in [4.78, 5) is 25.2. The number of nitrogens with zero attached hydrogens (tertiary/aromatic N) is 3. The first-order valence-corrected chi connectivity index (χ1v) is 10.3. The minimum absolute atomic E-state index is 0.0143. The molecule has 3 aromatic rings. The zero-order valence-corrected chi connectivity index (χ0v) is 16.9. The maximum atomic E-state index is 12.9. The fraction of sp³-hybridized carbons (Fsp3) is 0.250. The molecule has 1 amide bonds. The molecule has 4 rings (SSSR count). The van der Waals surface area contributed by atoms with Gasteiger partial charge >= 0.3 is 0 Å². The van der Waals surface area contributed by atoms with Crippen molar-refractivity contribution >= 4 is 28.9 Å². The molecule has 1 heterocycles. The zero-order valence-electron chi connectivity index (χ0n) is 16.9. The van der Waals surface area contributed by atoms with Gasteiger partial charge in [-0.15, -0.1) is 0 Å². The van der Waals surface area contributed by atoms with E-state index in [1.54, 1.807) is 10.8 Å². The number of nitrogens with one attached hydrogen (secondary N) is 1. The number of rotatable bonds is 5. The Kier molecular flexibility index (Phi) is 5.80. The first-order chi connectivity index (χ1) is 15.1. The summed E-state index contributed by atoms with van der Waals surface area (Å²) >= 11 is 0. The molecule has 7 heteroatoms. The van der Waals surface area contributed by atoms with Gasteiger partial charge in [-0.2, -0.15) is 10.4 Å². The first-order valence-electron chi connectivity index (χ1n) is 10.3. The van der Waals surface area contributed by atoms with Gasteiger partial charge < -0.3 is 5.11 Å². The van der Waals surface area contributed by atoms with Crippen molar-refractivity contribution in [2.45, 2.75) is 32.1 Å². The van der Waals surface area contributed by atoms with Gasteiger partial charge in [-0.25, -0.2) is 5.43 Å². The predicted molar refractivity (Wildman–Crippen MR) is 117 cm³/mol. The molecule has 0 bridgehead atoms. The lowest BCUT2D eigenvalue weighted by Gasteiger charge is -2.09. The van der Waals surface area contributed by atoms with Gasteiger partial charge in [0.1, 0.15) is 11.8 Å². The minimum Gasteiger partial charge on any atom is -0.507 e. The lowest BCUT2D eigenvalue weighted by molar-refractivity contribution is 0.0885. The Labute approximate surface area is 179 Å². The molecular formula is C24H22N4O3. The molecule has 2 aromatic carbocycles. The van der Waals surface area contributed by atoms with Crippen LogP contribution in [0.3, 0.4) is 0 Å². The van der Waals surface area contributed by atoms with Gasteiger partial charge in [0.2, 0.25) is 5.91 Å². The van der Waals surface area contributed by atoms with E-state index in [9.17, 15) is 14.7 Å². The van der Waals surface area contributed by atoms with Crippen LogP contribution in [0, 0.1) is 17.2 Å². The number of aromatic hydroxyl groups is 1. The highest BCUT2D eigenvalue weighted by Crippen LogP contribution is 2.29. The van der Waals surface area contributed by atoms with Crippen LogP contribution in [0.4, 0.5) is 0 Å². The minimum atomic E-state index is -0.506. The quantitative estimate of drug-likeness (QED) is 0.482. The average molecular weight is 414 g/mol. The Morgan fingerprint density at radius 3 is 2.77 bits per heavy atom. The molecule has 0 aliphatic heterocycles. The topological polar surface area (TPSA) is 107 Å². The number of phenolic OH excluding ortho intramolecular Hbond substituents is 1. The van der Waals surface area contributed by atoms with E-state index >= 15 is 0 Å². The molecular weight excluding hydrogens is 392 g/mol. The number of carbonyl (C=O) groups is 2. The van der Waals surface area contributed by atoms with Crippen LogP contribution < -0.4 is 5.43 Å². The summed E-state index contributed by atoms with van der Waals surface area (Å²) in [5.41, 5.74) is 4.19. The Morgan fingerprint density at radius 2 is 2.00 bits per heavy atom. The van der Waals surface area contributed by atoms with Crippen molar-refractivity contribution in [3.63, 3.8) is 0 Å². The van der Waals surface area contributed by atoms with E-state index in [0.717, 1.165) is 29.3 Å². The van der Waals surface area contributed by atoms with Crippen molar-refractivity contribution in [1.82, 2.24) is 9.99 Å². The number of amides is 1. The van der Waals surface area contributed by atoms with E-state index in [4.69, 9.17) is 5.26 Å². The van der Waals surface area contributed by atoms with E-state index in [2.05, 4.69) is 10.5 Å². The number of hydrogen-bond donors (Lipinski definition) is 2. The Hall–Kier alpha value is -3.92. The number of phenols is 1. The second-order valence-corrected chi connectivity index (χ2v) is 7.76. The van der Waals surface area contributed by atoms with Gasteiger partial charge in [-0.3, -0.25) is 14.2 Å². The summed E-state index contributed by atoms with van der Waals surface area (Å²) in [7, 11) is 0. The Morgan fingerprint density at radius 1 is 1.23 bits per heavy atom. The highest BCUT2D eigenvalue weighted by atomic mass is 16.3. The van der Waals surface area contributed by atoms with Gasteiger partial charge in [-0.1, -0.05) is 31.0 Å². The highest BCUT2D eigenvalue weighted by Gasteiger charge is 2.21. The van der Waals surface area contributed by atoms with Gasteiger partial charge in [0, 0.05) is 29.1 Å². The van der Waals surface area contributed by atoms with Crippen molar-refractivity contribution in [2.75, 3.05) is 0 Å². The molecule has 1 aromatic heterocycles. The van der Waals surface area contributed by atoms with E-state index in [1.807, 2.05) is 30.3 Å². The van der Waals surface area contributed by atoms with Crippen LogP contribution >= 0.6 is 0 Å². The normalized spacial score (nSPS) is 14.2. The van der Waals surface area contributed by atoms with Gasteiger partial charge in [0.25, 0.3) is 5.91 Å². The summed E-state index contributed by atoms with van der Waals surface area (Å²) in [5, 5.41) is 23.4. The summed E-state index contributed by atoms with van der Waals surface area (Å²) in [6.45, 7) is 0. The third kappa shape index (κ3) is 4.33. The SMILES string of the molecule is N#Cc1cc(C(=O)N/N=C/c2cn(C(=O)CC3CCCC3)c3ccccc23)ccc1O. The van der Waals surface area contributed by atoms with Gasteiger partial charge in [-0.05, 0) is 43.0 Å². The molecule has 0 unspecified atom stereocenters. The number of para-hydroxylation sites is 1. The lowest BCUT2D eigenvalue weighted by atomic mass is 10.0. The lowest BCUT2D eigenvalue weighted by Crippen LogP contribution is -2.17. The molecule has 0 saturated heterocycles. The molecule has 2 N–H and O–H groups in total. The Bertz CT molecular complexity index is 1210. The predicted octanol–water partition coefficient (Wildman–Crippen LogP) is 4.20. The van der Waals surface area contributed by atoms with Crippen LogP contribution in [-0.4, -0.2) is 27.7 Å². The smallest absolute Gasteiger partial charge is 0.271 e. The summed E-state index contributed by atoms with van der Waals surface area (Å²) in [6.07, 6.45) is 8.40. The van der Waals surface area contributed by atoms with Crippen molar-refractivity contribution in [1.29, 1.82) is 5.26 Å². The summed E-state index contributed by atoms with van der Waals surface area (Å²) < 4.78 is 1.68. The van der Waals surface area contributed by atoms with Crippen LogP contribution in [0.25, 0.3) is 10.9 Å². The molecule has 1 aliphatic carbocycles. The van der Waals surface area contributed by atoms with E-state index in [0.29, 0.717) is 12.3 Å². The third-order valence-corrected chi connectivity index (χ3v) is 5.70. The maximum absolute atomic E-state index is 12.9. The molecule has 1 aliphatic rings. The van der Waals surface area contributed by atoms with Gasteiger partial charge in [0.05, 0.1) is 17.3 Å². The molecule has 156 valence electrons. The standard InChI is InChI=1S/C24H22N4O3/c25-13-18-12-17(9-10-22(18)29)24(31)27-26-14-19-15-28(21-8-4-3-7-20(19)21)23(30)11-16-5-1-2-6-16/h3-4,7-10,12,14-16,29H,1-2,5-6,11H2,(H,27,31)/b26-14+. The van der Waals surface area contributed by atoms with Crippen LogP contribution in [-0.2, 0) is 0 Å². The molecule has 7 nitrogen and oxygen atoms in total. The van der Waals surface area contributed by atoms with Crippen molar-refractivity contribution in [3.8, 4) is 11.8 Å².